The van der Waals surface area contributed by atoms with Crippen LogP contribution in [0.2, 0.25) is 0 Å². The van der Waals surface area contributed by atoms with Crippen LogP contribution in [0, 0.1) is 15.9 Å². The molecule has 0 atom stereocenters. The first-order valence-electron chi connectivity index (χ1n) is 9.36. The van der Waals surface area contributed by atoms with Crippen LogP contribution in [0.3, 0.4) is 0 Å². The van der Waals surface area contributed by atoms with Gasteiger partial charge in [0, 0.05) is 18.3 Å². The highest BCUT2D eigenvalue weighted by atomic mass is 19.1. The zero-order valence-electron chi connectivity index (χ0n) is 15.5. The molecule has 29 heavy (non-hydrogen) atoms. The first-order chi connectivity index (χ1) is 14.1. The molecule has 4 rings (SSSR count). The Balaban J connectivity index is 1.71. The third-order valence-corrected chi connectivity index (χ3v) is 4.76. The van der Waals surface area contributed by atoms with Crippen LogP contribution in [0.5, 0.6) is 0 Å². The maximum atomic E-state index is 13.4. The molecule has 0 bridgehead atoms. The molecule has 1 aliphatic rings. The minimum atomic E-state index is -0.678. The van der Waals surface area contributed by atoms with Gasteiger partial charge in [0.2, 0.25) is 5.95 Å². The predicted molar refractivity (Wildman–Crippen MR) is 107 cm³/mol. The standard InChI is InChI=1S/C20H19FN6O2/c21-13-8-9-16(18(11-13)27(28)29)24-19-12-17(15-7-3-4-10-22-15)25-20(26-19)23-14-5-1-2-6-14/h3-4,7-12,14H,1-2,5-6H2,(H2,23,24,25,26). The van der Waals surface area contributed by atoms with Crippen molar-refractivity contribution in [3.05, 3.63) is 64.6 Å². The van der Waals surface area contributed by atoms with Crippen molar-refractivity contribution >= 4 is 23.1 Å². The van der Waals surface area contributed by atoms with E-state index >= 15 is 0 Å². The smallest absolute Gasteiger partial charge is 0.295 e. The molecule has 0 saturated heterocycles. The average Bonchev–Trinajstić information content (AvgIpc) is 3.23. The molecule has 2 aromatic heterocycles. The number of nitro groups is 1. The van der Waals surface area contributed by atoms with E-state index in [4.69, 9.17) is 0 Å². The Kier molecular flexibility index (Phi) is 5.28. The first-order valence-corrected chi connectivity index (χ1v) is 9.36. The minimum Gasteiger partial charge on any atom is -0.351 e. The van der Waals surface area contributed by atoms with E-state index in [0.29, 0.717) is 29.2 Å². The van der Waals surface area contributed by atoms with Crippen LogP contribution in [0.1, 0.15) is 25.7 Å². The number of aromatic nitrogens is 3. The maximum absolute atomic E-state index is 13.4. The summed E-state index contributed by atoms with van der Waals surface area (Å²) < 4.78 is 13.4. The lowest BCUT2D eigenvalue weighted by atomic mass is 10.2. The highest BCUT2D eigenvalue weighted by molar-refractivity contribution is 5.71. The molecule has 9 heteroatoms. The van der Waals surface area contributed by atoms with Crippen LogP contribution >= 0.6 is 0 Å². The zero-order valence-corrected chi connectivity index (χ0v) is 15.5. The predicted octanol–water partition coefficient (Wildman–Crippen LogP) is 4.68. The molecular formula is C20H19FN6O2. The highest BCUT2D eigenvalue weighted by Gasteiger charge is 2.19. The summed E-state index contributed by atoms with van der Waals surface area (Å²) in [4.78, 5) is 24.0. The Morgan fingerprint density at radius 1 is 1.07 bits per heavy atom. The Labute approximate surface area is 166 Å². The van der Waals surface area contributed by atoms with E-state index in [1.165, 1.54) is 6.07 Å². The molecule has 0 unspecified atom stereocenters. The number of anilines is 3. The minimum absolute atomic E-state index is 0.147. The molecule has 0 amide bonds. The van der Waals surface area contributed by atoms with Crippen LogP contribution in [0.4, 0.5) is 27.5 Å². The summed E-state index contributed by atoms with van der Waals surface area (Å²) in [5, 5.41) is 17.6. The van der Waals surface area contributed by atoms with Gasteiger partial charge in [0.25, 0.3) is 5.69 Å². The van der Waals surface area contributed by atoms with Gasteiger partial charge in [-0.3, -0.25) is 15.1 Å². The second-order valence-electron chi connectivity index (χ2n) is 6.85. The van der Waals surface area contributed by atoms with Gasteiger partial charge in [-0.25, -0.2) is 9.37 Å². The summed E-state index contributed by atoms with van der Waals surface area (Å²) in [5.41, 5.74) is 1.01. The van der Waals surface area contributed by atoms with Crippen LogP contribution in [-0.4, -0.2) is 25.9 Å². The van der Waals surface area contributed by atoms with Gasteiger partial charge in [0.05, 0.1) is 22.4 Å². The van der Waals surface area contributed by atoms with Crippen molar-refractivity contribution < 1.29 is 9.31 Å². The van der Waals surface area contributed by atoms with Crippen LogP contribution < -0.4 is 10.6 Å². The van der Waals surface area contributed by atoms with Crippen molar-refractivity contribution in [2.45, 2.75) is 31.7 Å². The van der Waals surface area contributed by atoms with E-state index in [-0.39, 0.29) is 11.4 Å². The Morgan fingerprint density at radius 2 is 1.90 bits per heavy atom. The lowest BCUT2D eigenvalue weighted by Gasteiger charge is -2.15. The third-order valence-electron chi connectivity index (χ3n) is 4.76. The van der Waals surface area contributed by atoms with Crippen LogP contribution in [-0.2, 0) is 0 Å². The molecule has 3 aromatic rings. The summed E-state index contributed by atoms with van der Waals surface area (Å²) in [6.07, 6.45) is 6.07. The van der Waals surface area contributed by atoms with Gasteiger partial charge in [-0.05, 0) is 37.1 Å². The van der Waals surface area contributed by atoms with Crippen molar-refractivity contribution in [1.82, 2.24) is 15.0 Å². The van der Waals surface area contributed by atoms with Crippen LogP contribution in [0.25, 0.3) is 11.4 Å². The van der Waals surface area contributed by atoms with Gasteiger partial charge in [-0.15, -0.1) is 0 Å². The van der Waals surface area contributed by atoms with Gasteiger partial charge in [-0.2, -0.15) is 4.98 Å². The largest absolute Gasteiger partial charge is 0.351 e. The van der Waals surface area contributed by atoms with Gasteiger partial charge in [0.1, 0.15) is 17.3 Å². The molecule has 1 aromatic carbocycles. The molecule has 1 fully saturated rings. The average molecular weight is 394 g/mol. The molecule has 0 aliphatic heterocycles. The second-order valence-corrected chi connectivity index (χ2v) is 6.85. The van der Waals surface area contributed by atoms with E-state index in [2.05, 4.69) is 25.6 Å². The molecule has 1 saturated carbocycles. The monoisotopic (exact) mass is 394 g/mol. The van der Waals surface area contributed by atoms with Gasteiger partial charge in [0.15, 0.2) is 0 Å². The summed E-state index contributed by atoms with van der Waals surface area (Å²) in [5.74, 6) is 0.103. The number of nitro benzene ring substituents is 1. The summed E-state index contributed by atoms with van der Waals surface area (Å²) in [6, 6.07) is 10.8. The lowest BCUT2D eigenvalue weighted by molar-refractivity contribution is -0.384. The van der Waals surface area contributed by atoms with E-state index in [1.54, 1.807) is 12.3 Å². The Bertz CT molecular complexity index is 1020. The van der Waals surface area contributed by atoms with Gasteiger partial charge in [-0.1, -0.05) is 18.9 Å². The van der Waals surface area contributed by atoms with Crippen molar-refractivity contribution in [1.29, 1.82) is 0 Å². The highest BCUT2D eigenvalue weighted by Crippen LogP contribution is 2.30. The number of pyridine rings is 1. The Hall–Kier alpha value is -3.62. The molecule has 8 nitrogen and oxygen atoms in total. The van der Waals surface area contributed by atoms with E-state index in [1.807, 2.05) is 18.2 Å². The first kappa shape index (κ1) is 18.7. The molecule has 148 valence electrons. The van der Waals surface area contributed by atoms with E-state index in [9.17, 15) is 14.5 Å². The van der Waals surface area contributed by atoms with Crippen molar-refractivity contribution in [3.63, 3.8) is 0 Å². The number of hydrogen-bond acceptors (Lipinski definition) is 7. The molecule has 1 aliphatic carbocycles. The van der Waals surface area contributed by atoms with E-state index in [0.717, 1.165) is 37.8 Å². The topological polar surface area (TPSA) is 106 Å². The molecule has 0 radical (unpaired) electrons. The zero-order chi connectivity index (χ0) is 20.2. The number of benzene rings is 1. The SMILES string of the molecule is O=[N+]([O-])c1cc(F)ccc1Nc1cc(-c2ccccn2)nc(NC2CCCC2)n1. The summed E-state index contributed by atoms with van der Waals surface area (Å²) in [7, 11) is 0. The normalized spacial score (nSPS) is 14.0. The van der Waals surface area contributed by atoms with Crippen molar-refractivity contribution in [2.24, 2.45) is 0 Å². The van der Waals surface area contributed by atoms with E-state index < -0.39 is 10.7 Å². The molecule has 2 N–H and O–H groups in total. The fraction of sp³-hybridized carbons (Fsp3) is 0.250. The fourth-order valence-electron chi connectivity index (χ4n) is 3.37. The number of hydrogen-bond donors (Lipinski definition) is 2. The third kappa shape index (κ3) is 4.45. The van der Waals surface area contributed by atoms with Gasteiger partial charge >= 0.3 is 0 Å². The van der Waals surface area contributed by atoms with Crippen molar-refractivity contribution in [2.75, 3.05) is 10.6 Å². The van der Waals surface area contributed by atoms with Gasteiger partial charge < -0.3 is 10.6 Å². The lowest BCUT2D eigenvalue weighted by Crippen LogP contribution is -2.17. The van der Waals surface area contributed by atoms with Crippen molar-refractivity contribution in [3.8, 4) is 11.4 Å². The second kappa shape index (κ2) is 8.17. The maximum Gasteiger partial charge on any atom is 0.295 e. The molecule has 2 heterocycles. The fourth-order valence-corrected chi connectivity index (χ4v) is 3.37. The molecule has 0 spiro atoms. The molecular weight excluding hydrogens is 375 g/mol. The van der Waals surface area contributed by atoms with Crippen LogP contribution in [0.15, 0.2) is 48.7 Å². The summed E-state index contributed by atoms with van der Waals surface area (Å²) in [6.45, 7) is 0. The number of rotatable bonds is 6. The quantitative estimate of drug-likeness (QED) is 0.462. The number of nitrogens with zero attached hydrogens (tertiary/aromatic N) is 4. The Morgan fingerprint density at radius 3 is 2.62 bits per heavy atom. The number of nitrogens with one attached hydrogen (secondary N) is 2. The summed E-state index contributed by atoms with van der Waals surface area (Å²) >= 11 is 0. The number of halogens is 1.